The van der Waals surface area contributed by atoms with E-state index in [9.17, 15) is 5.11 Å². The van der Waals surface area contributed by atoms with Crippen molar-refractivity contribution < 1.29 is 5.11 Å². The van der Waals surface area contributed by atoms with Gasteiger partial charge in [0.2, 0.25) is 0 Å². The summed E-state index contributed by atoms with van der Waals surface area (Å²) in [7, 11) is 0. The van der Waals surface area contributed by atoms with Gasteiger partial charge in [-0.2, -0.15) is 0 Å². The highest BCUT2D eigenvalue weighted by Crippen LogP contribution is 2.27. The van der Waals surface area contributed by atoms with Gasteiger partial charge >= 0.3 is 0 Å². The molecule has 0 saturated heterocycles. The van der Waals surface area contributed by atoms with Crippen LogP contribution in [0.2, 0.25) is 0 Å². The van der Waals surface area contributed by atoms with Crippen molar-refractivity contribution in [3.63, 3.8) is 0 Å². The second-order valence-electron chi connectivity index (χ2n) is 4.91. The number of nitrogens with one attached hydrogen (secondary N) is 1. The number of rotatable bonds is 4. The SMILES string of the molecule is Cc1ccc(C(CO)NC2CCCC2)c(Br)c1. The molecule has 1 saturated carbocycles. The summed E-state index contributed by atoms with van der Waals surface area (Å²) < 4.78 is 1.09. The molecule has 2 N–H and O–H groups in total. The van der Waals surface area contributed by atoms with Crippen molar-refractivity contribution in [3.05, 3.63) is 33.8 Å². The molecular formula is C14H20BrNO. The Bertz CT molecular complexity index is 374. The Labute approximate surface area is 112 Å². The van der Waals surface area contributed by atoms with Crippen molar-refractivity contribution in [2.45, 2.75) is 44.7 Å². The van der Waals surface area contributed by atoms with Gasteiger partial charge < -0.3 is 10.4 Å². The Morgan fingerprint density at radius 2 is 2.12 bits per heavy atom. The molecule has 1 unspecified atom stereocenters. The highest BCUT2D eigenvalue weighted by Gasteiger charge is 2.20. The molecule has 0 aliphatic heterocycles. The van der Waals surface area contributed by atoms with Crippen LogP contribution < -0.4 is 5.32 Å². The van der Waals surface area contributed by atoms with E-state index in [4.69, 9.17) is 0 Å². The van der Waals surface area contributed by atoms with Gasteiger partial charge in [0, 0.05) is 10.5 Å². The van der Waals surface area contributed by atoms with Gasteiger partial charge in [0.05, 0.1) is 12.6 Å². The fraction of sp³-hybridized carbons (Fsp3) is 0.571. The van der Waals surface area contributed by atoms with E-state index in [0.29, 0.717) is 6.04 Å². The molecule has 2 nitrogen and oxygen atoms in total. The largest absolute Gasteiger partial charge is 0.394 e. The Morgan fingerprint density at radius 3 is 2.71 bits per heavy atom. The van der Waals surface area contributed by atoms with E-state index in [0.717, 1.165) is 10.0 Å². The van der Waals surface area contributed by atoms with E-state index in [1.165, 1.54) is 31.2 Å². The summed E-state index contributed by atoms with van der Waals surface area (Å²) in [5, 5.41) is 13.1. The fourth-order valence-electron chi connectivity index (χ4n) is 2.53. The normalized spacial score (nSPS) is 18.5. The molecule has 0 bridgehead atoms. The van der Waals surface area contributed by atoms with Gasteiger partial charge in [0.1, 0.15) is 0 Å². The molecule has 3 heteroatoms. The first kappa shape index (κ1) is 13.1. The van der Waals surface area contributed by atoms with Gasteiger partial charge in [-0.3, -0.25) is 0 Å². The fourth-order valence-corrected chi connectivity index (χ4v) is 3.30. The zero-order valence-electron chi connectivity index (χ0n) is 10.2. The van der Waals surface area contributed by atoms with Crippen molar-refractivity contribution in [3.8, 4) is 0 Å². The van der Waals surface area contributed by atoms with E-state index in [2.05, 4.69) is 46.4 Å². The molecule has 1 atom stereocenters. The van der Waals surface area contributed by atoms with Crippen molar-refractivity contribution >= 4 is 15.9 Å². The molecule has 1 aliphatic carbocycles. The maximum absolute atomic E-state index is 9.55. The van der Waals surface area contributed by atoms with Crippen molar-refractivity contribution in [2.75, 3.05) is 6.61 Å². The van der Waals surface area contributed by atoms with Crippen LogP contribution in [0.25, 0.3) is 0 Å². The van der Waals surface area contributed by atoms with Crippen LogP contribution in [0.15, 0.2) is 22.7 Å². The van der Waals surface area contributed by atoms with Crippen LogP contribution in [0, 0.1) is 6.92 Å². The van der Waals surface area contributed by atoms with Crippen molar-refractivity contribution in [1.29, 1.82) is 0 Å². The number of halogens is 1. The summed E-state index contributed by atoms with van der Waals surface area (Å²) in [5.74, 6) is 0. The number of aryl methyl sites for hydroxylation is 1. The number of benzene rings is 1. The lowest BCUT2D eigenvalue weighted by atomic mass is 10.0. The third kappa shape index (κ3) is 3.30. The van der Waals surface area contributed by atoms with Gasteiger partial charge in [0.15, 0.2) is 0 Å². The summed E-state index contributed by atoms with van der Waals surface area (Å²) >= 11 is 3.59. The van der Waals surface area contributed by atoms with Crippen molar-refractivity contribution in [1.82, 2.24) is 5.32 Å². The number of aliphatic hydroxyl groups excluding tert-OH is 1. The van der Waals surface area contributed by atoms with Gasteiger partial charge in [0.25, 0.3) is 0 Å². The first-order valence-corrected chi connectivity index (χ1v) is 7.13. The zero-order valence-corrected chi connectivity index (χ0v) is 11.8. The van der Waals surface area contributed by atoms with Crippen LogP contribution in [-0.4, -0.2) is 17.8 Å². The lowest BCUT2D eigenvalue weighted by Gasteiger charge is -2.22. The van der Waals surface area contributed by atoms with E-state index >= 15 is 0 Å². The van der Waals surface area contributed by atoms with Gasteiger partial charge in [-0.05, 0) is 37.0 Å². The molecule has 0 heterocycles. The lowest BCUT2D eigenvalue weighted by Crippen LogP contribution is -2.32. The number of hydrogen-bond acceptors (Lipinski definition) is 2. The maximum Gasteiger partial charge on any atom is 0.0627 e. The second-order valence-corrected chi connectivity index (χ2v) is 5.76. The molecule has 0 aromatic heterocycles. The standard InChI is InChI=1S/C14H20BrNO/c1-10-6-7-12(13(15)8-10)14(9-17)16-11-4-2-3-5-11/h6-8,11,14,16-17H,2-5,9H2,1H3. The predicted octanol–water partition coefficient (Wildman–Crippen LogP) is 3.32. The average Bonchev–Trinajstić information content (AvgIpc) is 2.79. The molecule has 1 aromatic rings. The van der Waals surface area contributed by atoms with Gasteiger partial charge in [-0.1, -0.05) is 40.9 Å². The summed E-state index contributed by atoms with van der Waals surface area (Å²) in [6.45, 7) is 2.23. The highest BCUT2D eigenvalue weighted by molar-refractivity contribution is 9.10. The minimum Gasteiger partial charge on any atom is -0.394 e. The third-order valence-corrected chi connectivity index (χ3v) is 4.19. The quantitative estimate of drug-likeness (QED) is 0.893. The molecule has 1 aromatic carbocycles. The molecule has 0 spiro atoms. The van der Waals surface area contributed by atoms with Crippen LogP contribution in [0.4, 0.5) is 0 Å². The molecular weight excluding hydrogens is 278 g/mol. The van der Waals surface area contributed by atoms with Crippen LogP contribution in [0.1, 0.15) is 42.9 Å². The maximum atomic E-state index is 9.55. The van der Waals surface area contributed by atoms with E-state index in [1.807, 2.05) is 0 Å². The van der Waals surface area contributed by atoms with Crippen LogP contribution in [-0.2, 0) is 0 Å². The summed E-state index contributed by atoms with van der Waals surface area (Å²) in [6.07, 6.45) is 5.09. The second kappa shape index (κ2) is 5.98. The molecule has 0 radical (unpaired) electrons. The average molecular weight is 298 g/mol. The zero-order chi connectivity index (χ0) is 12.3. The minimum absolute atomic E-state index is 0.0491. The third-order valence-electron chi connectivity index (χ3n) is 3.51. The van der Waals surface area contributed by atoms with Crippen LogP contribution in [0.5, 0.6) is 0 Å². The lowest BCUT2D eigenvalue weighted by molar-refractivity contribution is 0.232. The Morgan fingerprint density at radius 1 is 1.41 bits per heavy atom. The van der Waals surface area contributed by atoms with Gasteiger partial charge in [-0.25, -0.2) is 0 Å². The highest BCUT2D eigenvalue weighted by atomic mass is 79.9. The number of hydrogen-bond donors (Lipinski definition) is 2. The molecule has 17 heavy (non-hydrogen) atoms. The van der Waals surface area contributed by atoms with Crippen molar-refractivity contribution in [2.24, 2.45) is 0 Å². The van der Waals surface area contributed by atoms with Gasteiger partial charge in [-0.15, -0.1) is 0 Å². The minimum atomic E-state index is 0.0491. The Balaban J connectivity index is 2.10. The Hall–Kier alpha value is -0.380. The first-order chi connectivity index (χ1) is 8.20. The smallest absolute Gasteiger partial charge is 0.0627 e. The Kier molecular flexibility index (Phi) is 4.60. The van der Waals surface area contributed by atoms with E-state index < -0.39 is 0 Å². The predicted molar refractivity (Wildman–Crippen MR) is 74.1 cm³/mol. The summed E-state index contributed by atoms with van der Waals surface area (Å²) in [4.78, 5) is 0. The summed E-state index contributed by atoms with van der Waals surface area (Å²) in [6, 6.07) is 6.92. The summed E-state index contributed by atoms with van der Waals surface area (Å²) in [5.41, 5.74) is 2.39. The monoisotopic (exact) mass is 297 g/mol. The molecule has 1 fully saturated rings. The first-order valence-electron chi connectivity index (χ1n) is 6.33. The molecule has 1 aliphatic rings. The van der Waals surface area contributed by atoms with E-state index in [-0.39, 0.29) is 12.6 Å². The molecule has 0 amide bonds. The topological polar surface area (TPSA) is 32.3 Å². The molecule has 94 valence electrons. The molecule has 2 rings (SSSR count). The van der Waals surface area contributed by atoms with E-state index in [1.54, 1.807) is 0 Å². The van der Waals surface area contributed by atoms with Crippen LogP contribution >= 0.6 is 15.9 Å². The number of aliphatic hydroxyl groups is 1. The van der Waals surface area contributed by atoms with Crippen LogP contribution in [0.3, 0.4) is 0 Å².